The van der Waals surface area contributed by atoms with E-state index < -0.39 is 5.91 Å². The fourth-order valence-corrected chi connectivity index (χ4v) is 2.66. The Morgan fingerprint density at radius 1 is 1.38 bits per heavy atom. The lowest BCUT2D eigenvalue weighted by Crippen LogP contribution is -2.13. The first-order chi connectivity index (χ1) is 11.5. The van der Waals surface area contributed by atoms with Crippen LogP contribution in [0.15, 0.2) is 52.5 Å². The minimum atomic E-state index is -0.525. The number of rotatable bonds is 5. The molecule has 122 valence electrons. The zero-order valence-corrected chi connectivity index (χ0v) is 15.2. The van der Waals surface area contributed by atoms with Crippen LogP contribution in [-0.4, -0.2) is 12.5 Å². The number of amides is 1. The molecule has 0 bridgehead atoms. The van der Waals surface area contributed by atoms with E-state index in [0.717, 1.165) is 4.47 Å². The van der Waals surface area contributed by atoms with Gasteiger partial charge in [0.15, 0.2) is 0 Å². The molecule has 0 radical (unpaired) electrons. The summed E-state index contributed by atoms with van der Waals surface area (Å²) < 4.78 is 6.25. The van der Waals surface area contributed by atoms with Gasteiger partial charge in [-0.15, -0.1) is 0 Å². The van der Waals surface area contributed by atoms with Crippen LogP contribution < -0.4 is 10.1 Å². The molecule has 24 heavy (non-hydrogen) atoms. The summed E-state index contributed by atoms with van der Waals surface area (Å²) in [6.45, 7) is 2.41. The van der Waals surface area contributed by atoms with Crippen molar-refractivity contribution in [3.8, 4) is 11.8 Å². The first kappa shape index (κ1) is 18.1. The first-order valence-electron chi connectivity index (χ1n) is 7.14. The summed E-state index contributed by atoms with van der Waals surface area (Å²) >= 11 is 9.40. The molecule has 0 saturated carbocycles. The summed E-state index contributed by atoms with van der Waals surface area (Å²) in [7, 11) is 0. The van der Waals surface area contributed by atoms with Crippen LogP contribution in [0, 0.1) is 11.3 Å². The van der Waals surface area contributed by atoms with Crippen LogP contribution in [0.4, 0.5) is 5.69 Å². The van der Waals surface area contributed by atoms with E-state index >= 15 is 0 Å². The highest BCUT2D eigenvalue weighted by molar-refractivity contribution is 9.10. The Balaban J connectivity index is 2.27. The van der Waals surface area contributed by atoms with Crippen LogP contribution in [0.25, 0.3) is 6.08 Å². The normalized spacial score (nSPS) is 10.8. The van der Waals surface area contributed by atoms with Gasteiger partial charge in [0.2, 0.25) is 0 Å². The van der Waals surface area contributed by atoms with Crippen LogP contribution in [0.3, 0.4) is 0 Å². The Morgan fingerprint density at radius 3 is 2.79 bits per heavy atom. The third kappa shape index (κ3) is 4.85. The summed E-state index contributed by atoms with van der Waals surface area (Å²) in [6, 6.07) is 14.1. The second-order valence-corrected chi connectivity index (χ2v) is 6.08. The molecule has 2 rings (SSSR count). The number of hydrogen-bond acceptors (Lipinski definition) is 3. The number of halogens is 2. The van der Waals surface area contributed by atoms with E-state index in [-0.39, 0.29) is 5.57 Å². The van der Waals surface area contributed by atoms with E-state index in [9.17, 15) is 10.1 Å². The molecule has 6 heteroatoms. The molecule has 0 heterocycles. The number of carbonyl (C=O) groups excluding carboxylic acids is 1. The number of ether oxygens (including phenoxy) is 1. The third-order valence-electron chi connectivity index (χ3n) is 3.00. The van der Waals surface area contributed by atoms with Crippen molar-refractivity contribution < 1.29 is 9.53 Å². The number of benzene rings is 2. The van der Waals surface area contributed by atoms with Crippen molar-refractivity contribution in [3.05, 3.63) is 63.1 Å². The van der Waals surface area contributed by atoms with Gasteiger partial charge in [-0.1, -0.05) is 39.7 Å². The van der Waals surface area contributed by atoms with Crippen molar-refractivity contribution in [1.82, 2.24) is 0 Å². The smallest absolute Gasteiger partial charge is 0.266 e. The molecule has 0 aliphatic heterocycles. The Labute approximate surface area is 153 Å². The van der Waals surface area contributed by atoms with E-state index in [1.807, 2.05) is 19.1 Å². The van der Waals surface area contributed by atoms with Crippen LogP contribution >= 0.6 is 27.5 Å². The van der Waals surface area contributed by atoms with Gasteiger partial charge in [0, 0.05) is 4.47 Å². The predicted molar refractivity (Wildman–Crippen MR) is 99.0 cm³/mol. The molecule has 4 nitrogen and oxygen atoms in total. The van der Waals surface area contributed by atoms with Gasteiger partial charge in [-0.25, -0.2) is 0 Å². The lowest BCUT2D eigenvalue weighted by molar-refractivity contribution is -0.112. The highest BCUT2D eigenvalue weighted by atomic mass is 79.9. The average Bonchev–Trinajstić information content (AvgIpc) is 2.54. The fourth-order valence-electron chi connectivity index (χ4n) is 1.99. The quantitative estimate of drug-likeness (QED) is 0.559. The zero-order valence-electron chi connectivity index (χ0n) is 12.8. The minimum Gasteiger partial charge on any atom is -0.494 e. The van der Waals surface area contributed by atoms with Crippen LogP contribution in [-0.2, 0) is 4.79 Å². The Kier molecular flexibility index (Phi) is 6.42. The van der Waals surface area contributed by atoms with Gasteiger partial charge in [0.1, 0.15) is 17.4 Å². The molecule has 0 spiro atoms. The van der Waals surface area contributed by atoms with Crippen LogP contribution in [0.2, 0.25) is 5.02 Å². The highest BCUT2D eigenvalue weighted by Gasteiger charge is 2.11. The van der Waals surface area contributed by atoms with Gasteiger partial charge in [-0.05, 0) is 48.9 Å². The standard InChI is InChI=1S/C18H14BrClN2O2/c1-2-24-15-9-12(8-14(19)10-15)7-13(11-21)18(23)22-17-6-4-3-5-16(17)20/h3-10H,2H2,1H3,(H,22,23)/b13-7+. The maximum absolute atomic E-state index is 12.3. The number of nitrogens with zero attached hydrogens (tertiary/aromatic N) is 1. The number of carbonyl (C=O) groups is 1. The summed E-state index contributed by atoms with van der Waals surface area (Å²) in [5.41, 5.74) is 1.10. The van der Waals surface area contributed by atoms with Gasteiger partial charge >= 0.3 is 0 Å². The minimum absolute atomic E-state index is 0.0320. The second-order valence-electron chi connectivity index (χ2n) is 4.76. The maximum Gasteiger partial charge on any atom is 0.266 e. The summed E-state index contributed by atoms with van der Waals surface area (Å²) in [5, 5.41) is 12.3. The molecule has 1 amide bonds. The molecular weight excluding hydrogens is 392 g/mol. The van der Waals surface area contributed by atoms with Crippen molar-refractivity contribution in [2.24, 2.45) is 0 Å². The lowest BCUT2D eigenvalue weighted by Gasteiger charge is -2.07. The van der Waals surface area contributed by atoms with Crippen molar-refractivity contribution in [1.29, 1.82) is 5.26 Å². The van der Waals surface area contributed by atoms with E-state index in [2.05, 4.69) is 21.2 Å². The number of hydrogen-bond donors (Lipinski definition) is 1. The monoisotopic (exact) mass is 404 g/mol. The van der Waals surface area contributed by atoms with Crippen molar-refractivity contribution >= 4 is 45.2 Å². The molecule has 0 fully saturated rings. The first-order valence-corrected chi connectivity index (χ1v) is 8.31. The second kappa shape index (κ2) is 8.53. The van der Waals surface area contributed by atoms with Gasteiger partial charge in [-0.2, -0.15) is 5.26 Å². The molecule has 0 aliphatic rings. The van der Waals surface area contributed by atoms with E-state index in [1.54, 1.807) is 36.4 Å². The van der Waals surface area contributed by atoms with E-state index in [1.165, 1.54) is 6.08 Å². The molecule has 0 aromatic heterocycles. The number of para-hydroxylation sites is 1. The summed E-state index contributed by atoms with van der Waals surface area (Å²) in [4.78, 5) is 12.3. The molecule has 0 aliphatic carbocycles. The highest BCUT2D eigenvalue weighted by Crippen LogP contribution is 2.24. The summed E-state index contributed by atoms with van der Waals surface area (Å²) in [6.07, 6.45) is 1.50. The van der Waals surface area contributed by atoms with Gasteiger partial charge in [-0.3, -0.25) is 4.79 Å². The Bertz CT molecular complexity index is 828. The van der Waals surface area contributed by atoms with Crippen LogP contribution in [0.5, 0.6) is 5.75 Å². The summed E-state index contributed by atoms with van der Waals surface area (Å²) in [5.74, 6) is 0.130. The number of nitriles is 1. The molecule has 0 unspecified atom stereocenters. The maximum atomic E-state index is 12.3. The van der Waals surface area contributed by atoms with Gasteiger partial charge in [0.25, 0.3) is 5.91 Å². The zero-order chi connectivity index (χ0) is 17.5. The average molecular weight is 406 g/mol. The van der Waals surface area contributed by atoms with E-state index in [4.69, 9.17) is 16.3 Å². The lowest BCUT2D eigenvalue weighted by atomic mass is 10.1. The van der Waals surface area contributed by atoms with Gasteiger partial charge < -0.3 is 10.1 Å². The molecule has 1 N–H and O–H groups in total. The van der Waals surface area contributed by atoms with Crippen LogP contribution in [0.1, 0.15) is 12.5 Å². The molecule has 2 aromatic carbocycles. The molecular formula is C18H14BrClN2O2. The predicted octanol–water partition coefficient (Wildman–Crippen LogP) is 5.05. The topological polar surface area (TPSA) is 62.1 Å². The van der Waals surface area contributed by atoms with E-state index in [0.29, 0.717) is 28.6 Å². The largest absolute Gasteiger partial charge is 0.494 e. The Hall–Kier alpha value is -2.29. The van der Waals surface area contributed by atoms with Crippen molar-refractivity contribution in [2.45, 2.75) is 6.92 Å². The Morgan fingerprint density at radius 2 is 2.12 bits per heavy atom. The third-order valence-corrected chi connectivity index (χ3v) is 3.79. The molecule has 0 atom stereocenters. The van der Waals surface area contributed by atoms with Crippen molar-refractivity contribution in [3.63, 3.8) is 0 Å². The fraction of sp³-hybridized carbons (Fsp3) is 0.111. The molecule has 2 aromatic rings. The van der Waals surface area contributed by atoms with Crippen molar-refractivity contribution in [2.75, 3.05) is 11.9 Å². The SMILES string of the molecule is CCOc1cc(Br)cc(/C=C(\C#N)C(=O)Nc2ccccc2Cl)c1. The van der Waals surface area contributed by atoms with Gasteiger partial charge in [0.05, 0.1) is 17.3 Å². The molecule has 0 saturated heterocycles. The number of nitrogens with one attached hydrogen (secondary N) is 1. The number of anilines is 1.